The smallest absolute Gasteiger partial charge is 0.244 e. The van der Waals surface area contributed by atoms with E-state index < -0.39 is 0 Å². The summed E-state index contributed by atoms with van der Waals surface area (Å²) in [6.07, 6.45) is 0. The molecule has 4 nitrogen and oxygen atoms in total. The molecule has 0 aromatic heterocycles. The van der Waals surface area contributed by atoms with Gasteiger partial charge in [0.05, 0.1) is 0 Å². The molecule has 0 aliphatic rings. The lowest BCUT2D eigenvalue weighted by molar-refractivity contribution is -0.120. The van der Waals surface area contributed by atoms with Crippen molar-refractivity contribution in [2.45, 2.75) is 47.5 Å². The summed E-state index contributed by atoms with van der Waals surface area (Å²) in [5.74, 6) is -0.0527. The number of benzene rings is 2. The van der Waals surface area contributed by atoms with E-state index in [9.17, 15) is 9.59 Å². The fraction of sp³-hybridized carbons (Fsp3) is 0.364. The van der Waals surface area contributed by atoms with Gasteiger partial charge in [0.25, 0.3) is 0 Å². The molecule has 2 aromatic rings. The van der Waals surface area contributed by atoms with Gasteiger partial charge >= 0.3 is 0 Å². The van der Waals surface area contributed by atoms with Crippen molar-refractivity contribution in [3.63, 3.8) is 0 Å². The van der Waals surface area contributed by atoms with Crippen molar-refractivity contribution in [2.24, 2.45) is 0 Å². The zero-order valence-electron chi connectivity index (χ0n) is 16.5. The summed E-state index contributed by atoms with van der Waals surface area (Å²) in [5, 5.41) is 3.01. The number of amides is 2. The predicted octanol–water partition coefficient (Wildman–Crippen LogP) is 4.73. The minimum atomic E-state index is -0.199. The van der Waals surface area contributed by atoms with E-state index in [1.165, 1.54) is 11.8 Å². The van der Waals surface area contributed by atoms with E-state index in [-0.39, 0.29) is 18.4 Å². The van der Waals surface area contributed by atoms with Crippen LogP contribution in [0, 0.1) is 20.8 Å². The molecule has 2 aromatic carbocycles. The van der Waals surface area contributed by atoms with Crippen LogP contribution in [-0.2, 0) is 9.59 Å². The average molecular weight is 352 g/mol. The van der Waals surface area contributed by atoms with Crippen LogP contribution >= 0.6 is 0 Å². The van der Waals surface area contributed by atoms with Crippen LogP contribution in [0.25, 0.3) is 0 Å². The molecule has 0 atom stereocenters. The standard InChI is InChI=1S/C22H28N2O2/c1-14(2)20-9-7-8-17(5)22(20)23-21(26)13-24(18(6)25)19-11-15(3)10-16(4)12-19/h7-12,14H,13H2,1-6H3,(H,23,26). The molecule has 2 rings (SSSR count). The fourth-order valence-electron chi connectivity index (χ4n) is 3.16. The monoisotopic (exact) mass is 352 g/mol. The summed E-state index contributed by atoms with van der Waals surface area (Å²) < 4.78 is 0. The van der Waals surface area contributed by atoms with E-state index in [0.717, 1.165) is 33.6 Å². The van der Waals surface area contributed by atoms with Crippen LogP contribution in [0.3, 0.4) is 0 Å². The molecule has 0 saturated heterocycles. The largest absolute Gasteiger partial charge is 0.324 e. The lowest BCUT2D eigenvalue weighted by Gasteiger charge is -2.23. The molecule has 0 spiro atoms. The third-order valence-corrected chi connectivity index (χ3v) is 4.39. The minimum absolute atomic E-state index is 0.00983. The van der Waals surface area contributed by atoms with Crippen molar-refractivity contribution in [3.05, 3.63) is 58.7 Å². The Morgan fingerprint density at radius 1 is 1.04 bits per heavy atom. The van der Waals surface area contributed by atoms with Crippen molar-refractivity contribution in [2.75, 3.05) is 16.8 Å². The van der Waals surface area contributed by atoms with Crippen molar-refractivity contribution >= 4 is 23.2 Å². The molecular weight excluding hydrogens is 324 g/mol. The van der Waals surface area contributed by atoms with Gasteiger partial charge in [-0.1, -0.05) is 38.1 Å². The number of nitrogens with zero attached hydrogens (tertiary/aromatic N) is 1. The highest BCUT2D eigenvalue weighted by Gasteiger charge is 2.18. The summed E-state index contributed by atoms with van der Waals surface area (Å²) in [5.41, 5.74) is 5.83. The van der Waals surface area contributed by atoms with Gasteiger partial charge in [-0.25, -0.2) is 0 Å². The number of anilines is 2. The zero-order valence-corrected chi connectivity index (χ0v) is 16.5. The van der Waals surface area contributed by atoms with E-state index >= 15 is 0 Å². The van der Waals surface area contributed by atoms with Gasteiger partial charge in [-0.2, -0.15) is 0 Å². The maximum absolute atomic E-state index is 12.7. The van der Waals surface area contributed by atoms with Crippen LogP contribution in [0.1, 0.15) is 48.9 Å². The van der Waals surface area contributed by atoms with Gasteiger partial charge < -0.3 is 10.2 Å². The number of nitrogens with one attached hydrogen (secondary N) is 1. The van der Waals surface area contributed by atoms with Crippen molar-refractivity contribution in [1.82, 2.24) is 0 Å². The van der Waals surface area contributed by atoms with Gasteiger partial charge in [-0.3, -0.25) is 9.59 Å². The second-order valence-corrected chi connectivity index (χ2v) is 7.19. The van der Waals surface area contributed by atoms with E-state index in [4.69, 9.17) is 0 Å². The Morgan fingerprint density at radius 2 is 1.65 bits per heavy atom. The summed E-state index contributed by atoms with van der Waals surface area (Å²) in [6.45, 7) is 11.6. The highest BCUT2D eigenvalue weighted by molar-refractivity contribution is 6.02. The van der Waals surface area contributed by atoms with Crippen LogP contribution in [0.2, 0.25) is 0 Å². The molecule has 0 saturated carbocycles. The zero-order chi connectivity index (χ0) is 19.4. The minimum Gasteiger partial charge on any atom is -0.324 e. The summed E-state index contributed by atoms with van der Waals surface area (Å²) in [7, 11) is 0. The van der Waals surface area contributed by atoms with Crippen molar-refractivity contribution in [1.29, 1.82) is 0 Å². The maximum Gasteiger partial charge on any atom is 0.244 e. The number of carbonyl (C=O) groups excluding carboxylic acids is 2. The third-order valence-electron chi connectivity index (χ3n) is 4.39. The molecule has 0 unspecified atom stereocenters. The highest BCUT2D eigenvalue weighted by atomic mass is 16.2. The molecule has 1 N–H and O–H groups in total. The first kappa shape index (κ1) is 19.7. The molecule has 0 aliphatic carbocycles. The summed E-state index contributed by atoms with van der Waals surface area (Å²) in [4.78, 5) is 26.4. The SMILES string of the molecule is CC(=O)N(CC(=O)Nc1c(C)cccc1C(C)C)c1cc(C)cc(C)c1. The molecule has 26 heavy (non-hydrogen) atoms. The third kappa shape index (κ3) is 4.72. The Balaban J connectivity index is 2.26. The van der Waals surface area contributed by atoms with E-state index in [0.29, 0.717) is 5.92 Å². The first-order valence-electron chi connectivity index (χ1n) is 8.94. The Hall–Kier alpha value is -2.62. The number of rotatable bonds is 5. The lowest BCUT2D eigenvalue weighted by atomic mass is 9.98. The van der Waals surface area contributed by atoms with Crippen molar-refractivity contribution in [3.8, 4) is 0 Å². The normalized spacial score (nSPS) is 10.7. The molecule has 138 valence electrons. The van der Waals surface area contributed by atoms with Gasteiger partial charge in [0, 0.05) is 18.3 Å². The van der Waals surface area contributed by atoms with Crippen LogP contribution in [0.4, 0.5) is 11.4 Å². The first-order valence-corrected chi connectivity index (χ1v) is 8.94. The topological polar surface area (TPSA) is 49.4 Å². The molecule has 0 fully saturated rings. The van der Waals surface area contributed by atoms with Crippen LogP contribution in [0.5, 0.6) is 0 Å². The van der Waals surface area contributed by atoms with E-state index in [2.05, 4.69) is 19.2 Å². The molecule has 0 heterocycles. The average Bonchev–Trinajstić information content (AvgIpc) is 2.53. The molecule has 0 radical (unpaired) electrons. The molecule has 2 amide bonds. The molecular formula is C22H28N2O2. The Labute approximate surface area is 156 Å². The number of hydrogen-bond donors (Lipinski definition) is 1. The second kappa shape index (κ2) is 8.17. The molecule has 0 aliphatic heterocycles. The fourth-order valence-corrected chi connectivity index (χ4v) is 3.16. The molecule has 0 bridgehead atoms. The Morgan fingerprint density at radius 3 is 2.19 bits per heavy atom. The maximum atomic E-state index is 12.7. The van der Waals surface area contributed by atoms with Crippen molar-refractivity contribution < 1.29 is 9.59 Å². The van der Waals surface area contributed by atoms with Crippen LogP contribution in [-0.4, -0.2) is 18.4 Å². The first-order chi connectivity index (χ1) is 12.2. The highest BCUT2D eigenvalue weighted by Crippen LogP contribution is 2.27. The van der Waals surface area contributed by atoms with E-state index in [1.807, 2.05) is 57.2 Å². The van der Waals surface area contributed by atoms with Crippen LogP contribution < -0.4 is 10.2 Å². The predicted molar refractivity (Wildman–Crippen MR) is 108 cm³/mol. The summed E-state index contributed by atoms with van der Waals surface area (Å²) >= 11 is 0. The van der Waals surface area contributed by atoms with E-state index in [1.54, 1.807) is 0 Å². The second-order valence-electron chi connectivity index (χ2n) is 7.19. The molecule has 4 heteroatoms. The Bertz CT molecular complexity index is 805. The van der Waals surface area contributed by atoms with Gasteiger partial charge in [-0.05, 0) is 61.1 Å². The quantitative estimate of drug-likeness (QED) is 0.846. The number of hydrogen-bond acceptors (Lipinski definition) is 2. The van der Waals surface area contributed by atoms with Gasteiger partial charge in [-0.15, -0.1) is 0 Å². The number of aryl methyl sites for hydroxylation is 3. The Kier molecular flexibility index (Phi) is 6.19. The lowest BCUT2D eigenvalue weighted by Crippen LogP contribution is -2.37. The van der Waals surface area contributed by atoms with Gasteiger partial charge in [0.2, 0.25) is 11.8 Å². The number of carbonyl (C=O) groups is 2. The van der Waals surface area contributed by atoms with Crippen LogP contribution in [0.15, 0.2) is 36.4 Å². The van der Waals surface area contributed by atoms with Gasteiger partial charge in [0.15, 0.2) is 0 Å². The summed E-state index contributed by atoms with van der Waals surface area (Å²) in [6, 6.07) is 11.9. The number of para-hydroxylation sites is 1. The van der Waals surface area contributed by atoms with Gasteiger partial charge in [0.1, 0.15) is 6.54 Å².